The quantitative estimate of drug-likeness (QED) is 0.0425. The molecule has 0 spiro atoms. The third kappa shape index (κ3) is 9.21. The maximum absolute atomic E-state index is 11.6. The van der Waals surface area contributed by atoms with Crippen molar-refractivity contribution in [2.24, 2.45) is 4.99 Å². The first kappa shape index (κ1) is 32.9. The summed E-state index contributed by atoms with van der Waals surface area (Å²) < 4.78 is 7.32. The predicted molar refractivity (Wildman–Crippen MR) is 171 cm³/mol. The van der Waals surface area contributed by atoms with E-state index in [1.54, 1.807) is 18.9 Å². The van der Waals surface area contributed by atoms with Gasteiger partial charge in [-0.15, -0.1) is 0 Å². The number of nitriles is 1. The van der Waals surface area contributed by atoms with Crippen molar-refractivity contribution in [3.63, 3.8) is 0 Å². The van der Waals surface area contributed by atoms with Gasteiger partial charge in [0.2, 0.25) is 5.96 Å². The van der Waals surface area contributed by atoms with E-state index in [4.69, 9.17) is 21.6 Å². The minimum absolute atomic E-state index is 0.190. The van der Waals surface area contributed by atoms with E-state index >= 15 is 0 Å². The van der Waals surface area contributed by atoms with E-state index in [-0.39, 0.29) is 17.9 Å². The number of hydrogen-bond acceptors (Lipinski definition) is 7. The van der Waals surface area contributed by atoms with Gasteiger partial charge in [-0.05, 0) is 105 Å². The highest BCUT2D eigenvalue weighted by molar-refractivity contribution is 7.97. The number of esters is 1. The summed E-state index contributed by atoms with van der Waals surface area (Å²) in [6.07, 6.45) is 6.54. The van der Waals surface area contributed by atoms with Crippen LogP contribution < -0.4 is 10.6 Å². The average molecular weight is 607 g/mol. The van der Waals surface area contributed by atoms with Crippen molar-refractivity contribution < 1.29 is 9.53 Å². The van der Waals surface area contributed by atoms with Crippen LogP contribution in [-0.2, 0) is 15.1 Å². The Hall–Kier alpha value is -3.58. The van der Waals surface area contributed by atoms with Crippen molar-refractivity contribution in [1.82, 2.24) is 19.9 Å². The number of aryl methyl sites for hydroxylation is 1. The first-order valence-electron chi connectivity index (χ1n) is 14.0. The summed E-state index contributed by atoms with van der Waals surface area (Å²) in [4.78, 5) is 21.5. The van der Waals surface area contributed by atoms with Crippen molar-refractivity contribution in [2.45, 2.75) is 57.9 Å². The second kappa shape index (κ2) is 16.2. The molecule has 2 N–H and O–H groups in total. The Balaban J connectivity index is 1.81. The molecule has 0 fully saturated rings. The van der Waals surface area contributed by atoms with Crippen LogP contribution in [0.15, 0.2) is 70.8 Å². The normalized spacial score (nSPS) is 11.7. The van der Waals surface area contributed by atoms with Gasteiger partial charge in [-0.25, -0.2) is 4.31 Å². The van der Waals surface area contributed by atoms with Crippen LogP contribution in [-0.4, -0.2) is 47.5 Å². The second-order valence-electron chi connectivity index (χ2n) is 10.2. The fourth-order valence-electron chi connectivity index (χ4n) is 4.37. The van der Waals surface area contributed by atoms with Gasteiger partial charge in [0.15, 0.2) is 6.19 Å². The smallest absolute Gasteiger partial charge is 0.307 e. The summed E-state index contributed by atoms with van der Waals surface area (Å²) in [6, 6.07) is 16.7. The molecule has 0 aliphatic carbocycles. The Morgan fingerprint density at radius 1 is 1.21 bits per heavy atom. The molecule has 10 heteroatoms. The number of carbonyl (C=O) groups is 1. The van der Waals surface area contributed by atoms with E-state index in [1.807, 2.05) is 37.6 Å². The van der Waals surface area contributed by atoms with Crippen LogP contribution in [0.5, 0.6) is 0 Å². The Bertz CT molecular complexity index is 1420. The fraction of sp³-hybridized carbons (Fsp3) is 0.375. The van der Waals surface area contributed by atoms with Crippen LogP contribution in [0.4, 0.5) is 0 Å². The van der Waals surface area contributed by atoms with Crippen molar-refractivity contribution in [3.05, 3.63) is 82.6 Å². The first-order valence-corrected chi connectivity index (χ1v) is 15.1. The van der Waals surface area contributed by atoms with E-state index < -0.39 is 0 Å². The highest BCUT2D eigenvalue weighted by atomic mass is 35.5. The van der Waals surface area contributed by atoms with E-state index in [0.717, 1.165) is 38.6 Å². The lowest BCUT2D eigenvalue weighted by Crippen LogP contribution is -2.38. The number of rotatable bonds is 13. The molecule has 0 atom stereocenters. The lowest BCUT2D eigenvalue weighted by atomic mass is 9.90. The summed E-state index contributed by atoms with van der Waals surface area (Å²) >= 11 is 8.16. The molecule has 0 radical (unpaired) electrons. The monoisotopic (exact) mass is 606 g/mol. The molecule has 0 amide bonds. The van der Waals surface area contributed by atoms with Gasteiger partial charge in [0, 0.05) is 41.9 Å². The zero-order valence-electron chi connectivity index (χ0n) is 24.9. The van der Waals surface area contributed by atoms with Crippen molar-refractivity contribution in [1.29, 1.82) is 5.26 Å². The fourth-order valence-corrected chi connectivity index (χ4v) is 5.78. The molecule has 0 saturated heterocycles. The number of ether oxygens (including phenoxy) is 1. The SMILES string of the molecule is CCOC(=O)CCNC(=NCCCN(Sc1cccc(Cl)c1C)C(C)(C)c1cccc(-c2ccncc2C)c1)NC#N. The third-order valence-electron chi connectivity index (χ3n) is 6.84. The molecule has 1 aromatic heterocycles. The highest BCUT2D eigenvalue weighted by Crippen LogP contribution is 2.40. The molecule has 1 heterocycles. The molecule has 222 valence electrons. The van der Waals surface area contributed by atoms with E-state index in [2.05, 4.69) is 82.1 Å². The molecule has 0 unspecified atom stereocenters. The number of halogens is 1. The van der Waals surface area contributed by atoms with Gasteiger partial charge >= 0.3 is 5.97 Å². The summed E-state index contributed by atoms with van der Waals surface area (Å²) in [6.45, 7) is 12.2. The van der Waals surface area contributed by atoms with Crippen LogP contribution >= 0.6 is 23.5 Å². The third-order valence-corrected chi connectivity index (χ3v) is 8.75. The molecule has 42 heavy (non-hydrogen) atoms. The Morgan fingerprint density at radius 3 is 2.74 bits per heavy atom. The number of aromatic nitrogens is 1. The summed E-state index contributed by atoms with van der Waals surface area (Å²) in [5.74, 6) is 0.0436. The Labute approximate surface area is 258 Å². The van der Waals surface area contributed by atoms with Gasteiger partial charge in [0.05, 0.1) is 18.6 Å². The lowest BCUT2D eigenvalue weighted by molar-refractivity contribution is -0.142. The number of hydrogen-bond donors (Lipinski definition) is 2. The highest BCUT2D eigenvalue weighted by Gasteiger charge is 2.30. The molecular weight excluding hydrogens is 568 g/mol. The van der Waals surface area contributed by atoms with E-state index in [0.29, 0.717) is 32.2 Å². The number of pyridine rings is 1. The maximum Gasteiger partial charge on any atom is 0.307 e. The van der Waals surface area contributed by atoms with Crippen molar-refractivity contribution >= 4 is 35.5 Å². The number of carbonyl (C=O) groups excluding carboxylic acids is 1. The molecule has 8 nitrogen and oxygen atoms in total. The van der Waals surface area contributed by atoms with Crippen molar-refractivity contribution in [3.8, 4) is 17.3 Å². The van der Waals surface area contributed by atoms with Crippen LogP contribution in [0.25, 0.3) is 11.1 Å². The molecule has 3 aromatic rings. The number of aliphatic imine (C=N–C) groups is 1. The van der Waals surface area contributed by atoms with Crippen LogP contribution in [0, 0.1) is 25.3 Å². The molecule has 3 rings (SSSR count). The Morgan fingerprint density at radius 2 is 2.00 bits per heavy atom. The molecular formula is C32H39ClN6O2S. The van der Waals surface area contributed by atoms with Gasteiger partial charge in [-0.3, -0.25) is 20.1 Å². The largest absolute Gasteiger partial charge is 0.466 e. The van der Waals surface area contributed by atoms with Crippen LogP contribution in [0.1, 0.15) is 50.3 Å². The molecule has 2 aromatic carbocycles. The second-order valence-corrected chi connectivity index (χ2v) is 11.7. The zero-order valence-corrected chi connectivity index (χ0v) is 26.5. The standard InChI is InChI=1S/C32H39ClN6O2S/c1-6-41-30(40)15-18-37-31(38-22-34)36-16-9-19-39(42-29-13-8-12-28(33)24(29)3)32(4,5)26-11-7-10-25(20-26)27-14-17-35-21-23(27)2/h7-8,10-14,17,20-21H,6,9,15-16,18-19H2,1-5H3,(H2,36,37,38). The van der Waals surface area contributed by atoms with Crippen LogP contribution in [0.2, 0.25) is 5.02 Å². The molecule has 0 aliphatic rings. The Kier molecular flexibility index (Phi) is 12.7. The van der Waals surface area contributed by atoms with E-state index in [1.165, 1.54) is 5.56 Å². The number of guanidine groups is 1. The van der Waals surface area contributed by atoms with Gasteiger partial charge in [0.25, 0.3) is 0 Å². The number of benzene rings is 2. The molecule has 0 aliphatic heterocycles. The molecule has 0 saturated carbocycles. The zero-order chi connectivity index (χ0) is 30.5. The minimum Gasteiger partial charge on any atom is -0.466 e. The molecule has 0 bridgehead atoms. The number of nitrogens with zero attached hydrogens (tertiary/aromatic N) is 4. The average Bonchev–Trinajstić information content (AvgIpc) is 2.97. The number of nitrogens with one attached hydrogen (secondary N) is 2. The summed E-state index contributed by atoms with van der Waals surface area (Å²) in [7, 11) is 0. The first-order chi connectivity index (χ1) is 20.2. The maximum atomic E-state index is 11.6. The van der Waals surface area contributed by atoms with Gasteiger partial charge in [0.1, 0.15) is 0 Å². The minimum atomic E-state index is -0.355. The van der Waals surface area contributed by atoms with Gasteiger partial charge < -0.3 is 10.1 Å². The summed E-state index contributed by atoms with van der Waals surface area (Å²) in [5, 5.41) is 15.5. The van der Waals surface area contributed by atoms with Gasteiger partial charge in [-0.2, -0.15) is 5.26 Å². The van der Waals surface area contributed by atoms with Crippen molar-refractivity contribution in [2.75, 3.05) is 26.2 Å². The predicted octanol–water partition coefficient (Wildman–Crippen LogP) is 6.62. The van der Waals surface area contributed by atoms with Gasteiger partial charge in [-0.1, -0.05) is 35.9 Å². The topological polar surface area (TPSA) is 103 Å². The summed E-state index contributed by atoms with van der Waals surface area (Å²) in [5.41, 5.74) is 5.30. The lowest BCUT2D eigenvalue weighted by Gasteiger charge is -2.38. The van der Waals surface area contributed by atoms with Crippen LogP contribution in [0.3, 0.4) is 0 Å². The van der Waals surface area contributed by atoms with E-state index in [9.17, 15) is 4.79 Å².